The zero-order chi connectivity index (χ0) is 20.6. The van der Waals surface area contributed by atoms with Crippen LogP contribution in [-0.4, -0.2) is 55.1 Å². The van der Waals surface area contributed by atoms with E-state index in [1.807, 2.05) is 0 Å². The highest BCUT2D eigenvalue weighted by atomic mass is 19.1. The van der Waals surface area contributed by atoms with Crippen LogP contribution in [-0.2, 0) is 14.3 Å². The van der Waals surface area contributed by atoms with E-state index in [2.05, 4.69) is 15.8 Å². The van der Waals surface area contributed by atoms with Gasteiger partial charge >= 0.3 is 11.8 Å². The maximum Gasteiger partial charge on any atom is 0.329 e. The monoisotopic (exact) mass is 398 g/mol. The van der Waals surface area contributed by atoms with Gasteiger partial charge in [-0.15, -0.1) is 0 Å². The SMILES string of the molecule is O=C(NN=Cc1ccc(F)cc1)C(=O)Nc1ccccc1C(=O)N1CCOCC1. The van der Waals surface area contributed by atoms with Crippen molar-refractivity contribution in [2.75, 3.05) is 31.6 Å². The summed E-state index contributed by atoms with van der Waals surface area (Å²) >= 11 is 0. The highest BCUT2D eigenvalue weighted by Crippen LogP contribution is 2.18. The molecule has 0 bridgehead atoms. The number of hydrazone groups is 1. The predicted molar refractivity (Wildman–Crippen MR) is 104 cm³/mol. The Bertz CT molecular complexity index is 924. The number of hydrogen-bond donors (Lipinski definition) is 2. The van der Waals surface area contributed by atoms with E-state index in [1.54, 1.807) is 29.2 Å². The largest absolute Gasteiger partial charge is 0.378 e. The summed E-state index contributed by atoms with van der Waals surface area (Å²) in [6.45, 7) is 1.82. The molecular weight excluding hydrogens is 379 g/mol. The third-order valence-electron chi connectivity index (χ3n) is 4.16. The number of benzene rings is 2. The van der Waals surface area contributed by atoms with Gasteiger partial charge < -0.3 is 15.0 Å². The van der Waals surface area contributed by atoms with Gasteiger partial charge in [0, 0.05) is 13.1 Å². The smallest absolute Gasteiger partial charge is 0.329 e. The van der Waals surface area contributed by atoms with Crippen LogP contribution in [0.1, 0.15) is 15.9 Å². The molecule has 3 rings (SSSR count). The first-order chi connectivity index (χ1) is 14.0. The molecule has 2 aromatic rings. The summed E-state index contributed by atoms with van der Waals surface area (Å²) in [6.07, 6.45) is 1.28. The number of nitrogens with one attached hydrogen (secondary N) is 2. The minimum absolute atomic E-state index is 0.228. The average molecular weight is 398 g/mol. The molecule has 2 N–H and O–H groups in total. The van der Waals surface area contributed by atoms with Gasteiger partial charge in [0.05, 0.1) is 30.7 Å². The topological polar surface area (TPSA) is 100 Å². The van der Waals surface area contributed by atoms with Crippen LogP contribution in [0.3, 0.4) is 0 Å². The van der Waals surface area contributed by atoms with Crippen molar-refractivity contribution in [1.82, 2.24) is 10.3 Å². The van der Waals surface area contributed by atoms with E-state index in [9.17, 15) is 18.8 Å². The Morgan fingerprint density at radius 1 is 1.00 bits per heavy atom. The van der Waals surface area contributed by atoms with E-state index < -0.39 is 17.6 Å². The quantitative estimate of drug-likeness (QED) is 0.462. The molecule has 3 amide bonds. The standard InChI is InChI=1S/C20H19FN4O4/c21-15-7-5-14(6-8-15)13-22-24-19(27)18(26)23-17-4-2-1-3-16(17)20(28)25-9-11-29-12-10-25/h1-8,13H,9-12H2,(H,23,26)(H,24,27). The molecule has 150 valence electrons. The van der Waals surface area contributed by atoms with Gasteiger partial charge in [0.2, 0.25) is 0 Å². The third-order valence-corrected chi connectivity index (χ3v) is 4.16. The number of para-hydroxylation sites is 1. The van der Waals surface area contributed by atoms with Crippen molar-refractivity contribution in [1.29, 1.82) is 0 Å². The van der Waals surface area contributed by atoms with Crippen molar-refractivity contribution >= 4 is 29.6 Å². The maximum absolute atomic E-state index is 12.9. The van der Waals surface area contributed by atoms with Crippen LogP contribution in [0.25, 0.3) is 0 Å². The molecule has 0 aromatic heterocycles. The number of rotatable bonds is 4. The van der Waals surface area contributed by atoms with Crippen LogP contribution in [0, 0.1) is 5.82 Å². The molecule has 0 unspecified atom stereocenters. The second-order valence-electron chi connectivity index (χ2n) is 6.15. The average Bonchev–Trinajstić information content (AvgIpc) is 2.75. The van der Waals surface area contributed by atoms with Crippen molar-refractivity contribution in [3.05, 3.63) is 65.5 Å². The molecule has 2 aromatic carbocycles. The lowest BCUT2D eigenvalue weighted by atomic mass is 10.1. The van der Waals surface area contributed by atoms with Crippen LogP contribution in [0.15, 0.2) is 53.6 Å². The van der Waals surface area contributed by atoms with E-state index >= 15 is 0 Å². The Hall–Kier alpha value is -3.59. The van der Waals surface area contributed by atoms with Crippen LogP contribution in [0.5, 0.6) is 0 Å². The fourth-order valence-corrected chi connectivity index (χ4v) is 2.66. The van der Waals surface area contributed by atoms with Gasteiger partial charge in [-0.3, -0.25) is 14.4 Å². The van der Waals surface area contributed by atoms with E-state index in [0.717, 1.165) is 0 Å². The van der Waals surface area contributed by atoms with Crippen molar-refractivity contribution in [2.24, 2.45) is 5.10 Å². The number of anilines is 1. The van der Waals surface area contributed by atoms with Crippen molar-refractivity contribution in [2.45, 2.75) is 0 Å². The van der Waals surface area contributed by atoms with Gasteiger partial charge in [-0.2, -0.15) is 5.10 Å². The number of hydrogen-bond acceptors (Lipinski definition) is 5. The van der Waals surface area contributed by atoms with Gasteiger partial charge in [-0.1, -0.05) is 24.3 Å². The van der Waals surface area contributed by atoms with Gasteiger partial charge in [0.1, 0.15) is 5.82 Å². The van der Waals surface area contributed by atoms with E-state index in [1.165, 1.54) is 30.5 Å². The first-order valence-corrected chi connectivity index (χ1v) is 8.90. The molecule has 1 aliphatic heterocycles. The molecule has 0 atom stereocenters. The summed E-state index contributed by atoms with van der Waals surface area (Å²) in [5.41, 5.74) is 3.15. The van der Waals surface area contributed by atoms with E-state index in [0.29, 0.717) is 31.9 Å². The van der Waals surface area contributed by atoms with Crippen molar-refractivity contribution in [3.8, 4) is 0 Å². The van der Waals surface area contributed by atoms with E-state index in [-0.39, 0.29) is 17.2 Å². The van der Waals surface area contributed by atoms with Crippen molar-refractivity contribution in [3.63, 3.8) is 0 Å². The Morgan fingerprint density at radius 2 is 1.69 bits per heavy atom. The summed E-state index contributed by atoms with van der Waals surface area (Å²) in [6, 6.07) is 11.9. The second-order valence-corrected chi connectivity index (χ2v) is 6.15. The second kappa shape index (κ2) is 9.56. The predicted octanol–water partition coefficient (Wildman–Crippen LogP) is 1.39. The molecule has 1 saturated heterocycles. The number of morpholine rings is 1. The number of amides is 3. The van der Waals surface area contributed by atoms with Gasteiger partial charge in [0.15, 0.2) is 0 Å². The van der Waals surface area contributed by atoms with Crippen LogP contribution < -0.4 is 10.7 Å². The first kappa shape index (κ1) is 20.2. The normalized spacial score (nSPS) is 13.9. The molecule has 0 saturated carbocycles. The summed E-state index contributed by atoms with van der Waals surface area (Å²) in [7, 11) is 0. The first-order valence-electron chi connectivity index (χ1n) is 8.90. The summed E-state index contributed by atoms with van der Waals surface area (Å²) in [5.74, 6) is -2.62. The lowest BCUT2D eigenvalue weighted by Crippen LogP contribution is -2.41. The summed E-state index contributed by atoms with van der Waals surface area (Å²) in [4.78, 5) is 38.4. The molecule has 1 aliphatic rings. The van der Waals surface area contributed by atoms with Gasteiger partial charge in [-0.05, 0) is 29.8 Å². The molecule has 0 spiro atoms. The lowest BCUT2D eigenvalue weighted by Gasteiger charge is -2.27. The Morgan fingerprint density at radius 3 is 2.41 bits per heavy atom. The molecule has 9 heteroatoms. The van der Waals surface area contributed by atoms with Crippen LogP contribution in [0.2, 0.25) is 0 Å². The molecule has 8 nitrogen and oxygen atoms in total. The Labute approximate surface area is 166 Å². The number of carbonyl (C=O) groups is 3. The lowest BCUT2D eigenvalue weighted by molar-refractivity contribution is -0.136. The highest BCUT2D eigenvalue weighted by molar-refractivity contribution is 6.40. The maximum atomic E-state index is 12.9. The van der Waals surface area contributed by atoms with Crippen LogP contribution >= 0.6 is 0 Å². The minimum Gasteiger partial charge on any atom is -0.378 e. The zero-order valence-corrected chi connectivity index (χ0v) is 15.4. The molecule has 1 heterocycles. The van der Waals surface area contributed by atoms with Gasteiger partial charge in [0.25, 0.3) is 5.91 Å². The Kier molecular flexibility index (Phi) is 6.64. The van der Waals surface area contributed by atoms with Gasteiger partial charge in [-0.25, -0.2) is 9.82 Å². The zero-order valence-electron chi connectivity index (χ0n) is 15.4. The fraction of sp³-hybridized carbons (Fsp3) is 0.200. The minimum atomic E-state index is -1.00. The molecule has 1 fully saturated rings. The molecule has 0 aliphatic carbocycles. The summed E-state index contributed by atoms with van der Waals surface area (Å²) in [5, 5.41) is 6.10. The van der Waals surface area contributed by atoms with Crippen molar-refractivity contribution < 1.29 is 23.5 Å². The number of nitrogens with zero attached hydrogens (tertiary/aromatic N) is 2. The summed E-state index contributed by atoms with van der Waals surface area (Å²) < 4.78 is 18.1. The van der Waals surface area contributed by atoms with Crippen LogP contribution in [0.4, 0.5) is 10.1 Å². The molecule has 0 radical (unpaired) electrons. The highest BCUT2D eigenvalue weighted by Gasteiger charge is 2.22. The Balaban J connectivity index is 1.61. The van der Waals surface area contributed by atoms with E-state index in [4.69, 9.17) is 4.74 Å². The molecular formula is C20H19FN4O4. The number of halogens is 1. The number of ether oxygens (including phenoxy) is 1. The fourth-order valence-electron chi connectivity index (χ4n) is 2.66. The molecule has 29 heavy (non-hydrogen) atoms. The number of carbonyl (C=O) groups excluding carboxylic acids is 3. The third kappa shape index (κ3) is 5.45.